The van der Waals surface area contributed by atoms with Crippen LogP contribution in [0.1, 0.15) is 27.0 Å². The molecule has 2 aromatic carbocycles. The molecule has 0 spiro atoms. The average molecular weight is 353 g/mol. The van der Waals surface area contributed by atoms with Crippen LogP contribution >= 0.6 is 15.9 Å². The number of aromatic carboxylic acids is 1. The Labute approximate surface area is 130 Å². The van der Waals surface area contributed by atoms with Crippen LogP contribution < -0.4 is 4.74 Å². The van der Waals surface area contributed by atoms with Gasteiger partial charge in [0.15, 0.2) is 0 Å². The summed E-state index contributed by atoms with van der Waals surface area (Å²) in [6.07, 6.45) is 0. The molecule has 0 bridgehead atoms. The Morgan fingerprint density at radius 3 is 2.38 bits per heavy atom. The number of ether oxygens (including phenoxy) is 1. The van der Waals surface area contributed by atoms with Gasteiger partial charge in [-0.05, 0) is 49.2 Å². The summed E-state index contributed by atoms with van der Waals surface area (Å²) < 4.78 is 20.1. The molecule has 2 rings (SSSR count). The zero-order valence-corrected chi connectivity index (χ0v) is 13.2. The Balaban J connectivity index is 2.22. The normalized spacial score (nSPS) is 10.5. The third-order valence-electron chi connectivity index (χ3n) is 3.09. The van der Waals surface area contributed by atoms with E-state index in [1.165, 1.54) is 6.07 Å². The molecule has 0 amide bonds. The van der Waals surface area contributed by atoms with Crippen LogP contribution in [0.4, 0.5) is 4.39 Å². The first-order valence-electron chi connectivity index (χ1n) is 6.29. The number of carboxylic acids is 1. The number of aryl methyl sites for hydroxylation is 2. The minimum absolute atomic E-state index is 0.0905. The molecule has 0 atom stereocenters. The maximum Gasteiger partial charge on any atom is 0.335 e. The first kappa shape index (κ1) is 15.5. The summed E-state index contributed by atoms with van der Waals surface area (Å²) in [6.45, 7) is 3.63. The predicted molar refractivity (Wildman–Crippen MR) is 81.3 cm³/mol. The molecule has 0 heterocycles. The zero-order valence-electron chi connectivity index (χ0n) is 11.6. The van der Waals surface area contributed by atoms with Gasteiger partial charge in [-0.15, -0.1) is 0 Å². The average Bonchev–Trinajstić information content (AvgIpc) is 2.39. The lowest BCUT2D eigenvalue weighted by molar-refractivity contribution is 0.0696. The van der Waals surface area contributed by atoms with Crippen molar-refractivity contribution in [2.75, 3.05) is 0 Å². The van der Waals surface area contributed by atoms with E-state index in [1.54, 1.807) is 38.1 Å². The largest absolute Gasteiger partial charge is 0.488 e. The van der Waals surface area contributed by atoms with Gasteiger partial charge >= 0.3 is 5.97 Å². The van der Waals surface area contributed by atoms with Crippen molar-refractivity contribution in [1.82, 2.24) is 0 Å². The fraction of sp³-hybridized carbons (Fsp3) is 0.188. The lowest BCUT2D eigenvalue weighted by atomic mass is 10.1. The lowest BCUT2D eigenvalue weighted by Crippen LogP contribution is -2.04. The quantitative estimate of drug-likeness (QED) is 0.882. The SMILES string of the molecule is Cc1cc(C(=O)O)cc(C)c1OCc1ccc(Br)cc1F. The molecule has 2 aromatic rings. The van der Waals surface area contributed by atoms with E-state index >= 15 is 0 Å². The van der Waals surface area contributed by atoms with Crippen molar-refractivity contribution >= 4 is 21.9 Å². The molecule has 0 fully saturated rings. The molecule has 0 saturated carbocycles. The summed E-state index contributed by atoms with van der Waals surface area (Å²) in [4.78, 5) is 11.0. The standard InChI is InChI=1S/C16H14BrFO3/c1-9-5-12(16(19)20)6-10(2)15(9)21-8-11-3-4-13(17)7-14(11)18/h3-7H,8H2,1-2H3,(H,19,20). The van der Waals surface area contributed by atoms with Crippen LogP contribution in [0.3, 0.4) is 0 Å². The molecule has 0 saturated heterocycles. The Morgan fingerprint density at radius 1 is 1.24 bits per heavy atom. The van der Waals surface area contributed by atoms with Crippen LogP contribution in [0.15, 0.2) is 34.8 Å². The van der Waals surface area contributed by atoms with Crippen molar-refractivity contribution in [3.05, 3.63) is 62.9 Å². The van der Waals surface area contributed by atoms with E-state index in [2.05, 4.69) is 15.9 Å². The minimum atomic E-state index is -0.980. The number of benzene rings is 2. The summed E-state index contributed by atoms with van der Waals surface area (Å²) in [5.41, 5.74) is 2.08. The van der Waals surface area contributed by atoms with Crippen LogP contribution in [0.5, 0.6) is 5.75 Å². The molecule has 0 radical (unpaired) electrons. The zero-order chi connectivity index (χ0) is 15.6. The third kappa shape index (κ3) is 3.61. The Hall–Kier alpha value is -1.88. The molecule has 0 aliphatic rings. The van der Waals surface area contributed by atoms with Gasteiger partial charge in [-0.25, -0.2) is 9.18 Å². The molecule has 0 aromatic heterocycles. The molecule has 0 aliphatic heterocycles. The van der Waals surface area contributed by atoms with E-state index in [4.69, 9.17) is 9.84 Å². The molecule has 21 heavy (non-hydrogen) atoms. The summed E-state index contributed by atoms with van der Waals surface area (Å²) >= 11 is 3.20. The van der Waals surface area contributed by atoms with Gasteiger partial charge in [0.2, 0.25) is 0 Å². The van der Waals surface area contributed by atoms with Gasteiger partial charge in [-0.1, -0.05) is 22.0 Å². The van der Waals surface area contributed by atoms with Gasteiger partial charge in [0, 0.05) is 10.0 Å². The topological polar surface area (TPSA) is 46.5 Å². The van der Waals surface area contributed by atoms with Crippen LogP contribution in [0.2, 0.25) is 0 Å². The van der Waals surface area contributed by atoms with E-state index in [0.29, 0.717) is 26.9 Å². The van der Waals surface area contributed by atoms with Gasteiger partial charge in [-0.2, -0.15) is 0 Å². The molecular weight excluding hydrogens is 339 g/mol. The predicted octanol–water partition coefficient (Wildman–Crippen LogP) is 4.48. The number of hydrogen-bond donors (Lipinski definition) is 1. The maximum atomic E-state index is 13.7. The Kier molecular flexibility index (Phi) is 4.63. The molecule has 1 N–H and O–H groups in total. The van der Waals surface area contributed by atoms with Crippen LogP contribution in [0.25, 0.3) is 0 Å². The highest BCUT2D eigenvalue weighted by Gasteiger charge is 2.12. The lowest BCUT2D eigenvalue weighted by Gasteiger charge is -2.13. The van der Waals surface area contributed by atoms with Crippen molar-refractivity contribution in [2.45, 2.75) is 20.5 Å². The van der Waals surface area contributed by atoms with E-state index in [9.17, 15) is 9.18 Å². The summed E-state index contributed by atoms with van der Waals surface area (Å²) in [7, 11) is 0. The number of rotatable bonds is 4. The van der Waals surface area contributed by atoms with E-state index in [0.717, 1.165) is 0 Å². The van der Waals surface area contributed by atoms with Crippen molar-refractivity contribution in [2.24, 2.45) is 0 Å². The number of carbonyl (C=O) groups is 1. The summed E-state index contributed by atoms with van der Waals surface area (Å²) in [5, 5.41) is 9.00. The summed E-state index contributed by atoms with van der Waals surface area (Å²) in [6, 6.07) is 7.86. The highest BCUT2D eigenvalue weighted by Crippen LogP contribution is 2.26. The van der Waals surface area contributed by atoms with Crippen molar-refractivity contribution in [3.63, 3.8) is 0 Å². The smallest absolute Gasteiger partial charge is 0.335 e. The molecule has 5 heteroatoms. The van der Waals surface area contributed by atoms with Gasteiger partial charge in [-0.3, -0.25) is 0 Å². The Bertz CT molecular complexity index is 675. The third-order valence-corrected chi connectivity index (χ3v) is 3.59. The molecule has 0 aliphatic carbocycles. The molecule has 110 valence electrons. The highest BCUT2D eigenvalue weighted by molar-refractivity contribution is 9.10. The number of hydrogen-bond acceptors (Lipinski definition) is 2. The van der Waals surface area contributed by atoms with Gasteiger partial charge < -0.3 is 9.84 Å². The van der Waals surface area contributed by atoms with Crippen molar-refractivity contribution in [3.8, 4) is 5.75 Å². The Morgan fingerprint density at radius 2 is 1.86 bits per heavy atom. The van der Waals surface area contributed by atoms with Gasteiger partial charge in [0.25, 0.3) is 0 Å². The first-order chi connectivity index (χ1) is 9.88. The minimum Gasteiger partial charge on any atom is -0.488 e. The first-order valence-corrected chi connectivity index (χ1v) is 7.09. The number of halogens is 2. The highest BCUT2D eigenvalue weighted by atomic mass is 79.9. The molecular formula is C16H14BrFO3. The fourth-order valence-electron chi connectivity index (χ4n) is 2.09. The van der Waals surface area contributed by atoms with Crippen LogP contribution in [0, 0.1) is 19.7 Å². The maximum absolute atomic E-state index is 13.7. The second-order valence-electron chi connectivity index (χ2n) is 4.77. The fourth-order valence-corrected chi connectivity index (χ4v) is 2.42. The molecule has 0 unspecified atom stereocenters. The molecule has 3 nitrogen and oxygen atoms in total. The second-order valence-corrected chi connectivity index (χ2v) is 5.68. The summed E-state index contributed by atoms with van der Waals surface area (Å²) in [5.74, 6) is -0.740. The van der Waals surface area contributed by atoms with Gasteiger partial charge in [0.05, 0.1) is 5.56 Å². The van der Waals surface area contributed by atoms with E-state index in [-0.39, 0.29) is 18.0 Å². The van der Waals surface area contributed by atoms with Crippen molar-refractivity contribution in [1.29, 1.82) is 0 Å². The van der Waals surface area contributed by atoms with Crippen LogP contribution in [-0.4, -0.2) is 11.1 Å². The van der Waals surface area contributed by atoms with Crippen LogP contribution in [-0.2, 0) is 6.61 Å². The van der Waals surface area contributed by atoms with E-state index < -0.39 is 5.97 Å². The monoisotopic (exact) mass is 352 g/mol. The van der Waals surface area contributed by atoms with Crippen molar-refractivity contribution < 1.29 is 19.0 Å². The van der Waals surface area contributed by atoms with Gasteiger partial charge in [0.1, 0.15) is 18.2 Å². The second kappa shape index (κ2) is 6.26. The van der Waals surface area contributed by atoms with E-state index in [1.807, 2.05) is 0 Å². The number of carboxylic acid groups (broad SMARTS) is 1.